The second-order valence-corrected chi connectivity index (χ2v) is 2.69. The molecule has 0 saturated carbocycles. The topological polar surface area (TPSA) is 121 Å². The van der Waals surface area contributed by atoms with Crippen LogP contribution in [0, 0.1) is 0 Å². The number of carboxylic acid groups (broad SMARTS) is 2. The summed E-state index contributed by atoms with van der Waals surface area (Å²) in [5.74, 6) is -2.12. The maximum atomic E-state index is 9.86. The first-order chi connectivity index (χ1) is 6.20. The van der Waals surface area contributed by atoms with Crippen molar-refractivity contribution in [1.82, 2.24) is 0 Å². The number of aliphatic hydroxyl groups is 1. The van der Waals surface area contributed by atoms with Crippen molar-refractivity contribution in [1.29, 1.82) is 0 Å². The van der Waals surface area contributed by atoms with Crippen molar-refractivity contribution in [2.24, 2.45) is 5.73 Å². The first-order valence-corrected chi connectivity index (χ1v) is 3.75. The zero-order valence-corrected chi connectivity index (χ0v) is 8.10. The molecule has 0 aliphatic rings. The van der Waals surface area contributed by atoms with Crippen LogP contribution < -0.4 is 5.73 Å². The summed E-state index contributed by atoms with van der Waals surface area (Å²) >= 11 is 0. The number of hydrogen-bond donors (Lipinski definition) is 4. The molecule has 0 amide bonds. The number of carboxylic acids is 2. The van der Waals surface area contributed by atoms with Crippen molar-refractivity contribution in [2.45, 2.75) is 26.0 Å². The average molecular weight is 205 g/mol. The Kier molecular flexibility index (Phi) is 7.60. The van der Waals surface area contributed by atoms with Crippen molar-refractivity contribution < 1.29 is 24.9 Å². The Labute approximate surface area is 81.7 Å². The highest BCUT2D eigenvalue weighted by Crippen LogP contribution is 1.85. The molecule has 0 fully saturated rings. The van der Waals surface area contributed by atoms with Crippen molar-refractivity contribution in [2.75, 3.05) is 0 Å². The van der Waals surface area contributed by atoms with E-state index >= 15 is 0 Å². The van der Waals surface area contributed by atoms with E-state index in [-0.39, 0.29) is 5.57 Å². The van der Waals surface area contributed by atoms with Gasteiger partial charge in [-0.3, -0.25) is 4.79 Å². The van der Waals surface area contributed by atoms with Crippen LogP contribution in [0.2, 0.25) is 0 Å². The van der Waals surface area contributed by atoms with Gasteiger partial charge in [0, 0.05) is 5.57 Å². The van der Waals surface area contributed by atoms with Gasteiger partial charge in [0.2, 0.25) is 0 Å². The molecule has 82 valence electrons. The van der Waals surface area contributed by atoms with Crippen LogP contribution in [0.25, 0.3) is 0 Å². The summed E-state index contributed by atoms with van der Waals surface area (Å²) in [6.07, 6.45) is -0.979. The molecule has 2 atom stereocenters. The van der Waals surface area contributed by atoms with Gasteiger partial charge < -0.3 is 21.1 Å². The number of aliphatic hydroxyl groups excluding tert-OH is 1. The van der Waals surface area contributed by atoms with Gasteiger partial charge >= 0.3 is 11.9 Å². The van der Waals surface area contributed by atoms with Gasteiger partial charge in [-0.1, -0.05) is 6.58 Å². The molecule has 0 aromatic carbocycles. The lowest BCUT2D eigenvalue weighted by Gasteiger charge is -2.06. The SMILES string of the molecule is C=C(C)C(=O)O.CC(O)C(N)C(=O)O. The number of carbonyl (C=O) groups is 2. The molecule has 0 aliphatic heterocycles. The Balaban J connectivity index is 0. The fourth-order valence-corrected chi connectivity index (χ4v) is 0.206. The first kappa shape index (κ1) is 15.1. The Bertz CT molecular complexity index is 212. The van der Waals surface area contributed by atoms with Crippen molar-refractivity contribution in [3.05, 3.63) is 12.2 Å². The largest absolute Gasteiger partial charge is 0.480 e. The average Bonchev–Trinajstić information content (AvgIpc) is 2.03. The zero-order valence-electron chi connectivity index (χ0n) is 8.10. The number of hydrogen-bond acceptors (Lipinski definition) is 4. The summed E-state index contributed by atoms with van der Waals surface area (Å²) in [5, 5.41) is 24.4. The summed E-state index contributed by atoms with van der Waals surface area (Å²) in [6.45, 7) is 5.93. The molecule has 0 aliphatic carbocycles. The molecule has 0 aromatic rings. The lowest BCUT2D eigenvalue weighted by Crippen LogP contribution is -2.39. The molecular formula is C8H15NO5. The van der Waals surface area contributed by atoms with E-state index in [1.807, 2.05) is 0 Å². The molecule has 0 bridgehead atoms. The minimum absolute atomic E-state index is 0.176. The van der Waals surface area contributed by atoms with Crippen LogP contribution in [0.1, 0.15) is 13.8 Å². The van der Waals surface area contributed by atoms with Crippen LogP contribution in [-0.2, 0) is 9.59 Å². The lowest BCUT2D eigenvalue weighted by molar-refractivity contribution is -0.141. The maximum absolute atomic E-state index is 9.86. The standard InChI is InChI=1S/C4H9NO3.C4H6O2/c1-2(6)3(5)4(7)8;1-3(2)4(5)6/h2-3,6H,5H2,1H3,(H,7,8);1H2,2H3,(H,5,6). The normalized spacial score (nSPS) is 13.1. The van der Waals surface area contributed by atoms with Crippen molar-refractivity contribution in [3.63, 3.8) is 0 Å². The molecule has 5 N–H and O–H groups in total. The fraction of sp³-hybridized carbons (Fsp3) is 0.500. The molecule has 0 rings (SSSR count). The van der Waals surface area contributed by atoms with Crippen molar-refractivity contribution >= 4 is 11.9 Å². The third-order valence-corrected chi connectivity index (χ3v) is 1.17. The summed E-state index contributed by atoms with van der Waals surface area (Å²) in [4.78, 5) is 19.5. The van der Waals surface area contributed by atoms with Crippen LogP contribution in [0.4, 0.5) is 0 Å². The number of rotatable bonds is 3. The highest BCUT2D eigenvalue weighted by atomic mass is 16.4. The van der Waals surface area contributed by atoms with E-state index in [0.29, 0.717) is 0 Å². The van der Waals surface area contributed by atoms with E-state index in [1.54, 1.807) is 0 Å². The Morgan fingerprint density at radius 1 is 1.36 bits per heavy atom. The molecule has 0 heterocycles. The van der Waals surface area contributed by atoms with E-state index < -0.39 is 24.1 Å². The summed E-state index contributed by atoms with van der Waals surface area (Å²) in [5.41, 5.74) is 5.09. The van der Waals surface area contributed by atoms with Crippen LogP contribution in [-0.4, -0.2) is 39.4 Å². The lowest BCUT2D eigenvalue weighted by atomic mass is 10.2. The Morgan fingerprint density at radius 2 is 1.64 bits per heavy atom. The number of nitrogens with two attached hydrogens (primary N) is 1. The van der Waals surface area contributed by atoms with E-state index in [1.165, 1.54) is 13.8 Å². The van der Waals surface area contributed by atoms with Gasteiger partial charge in [-0.15, -0.1) is 0 Å². The third kappa shape index (κ3) is 8.69. The summed E-state index contributed by atoms with van der Waals surface area (Å²) < 4.78 is 0. The molecule has 6 heteroatoms. The van der Waals surface area contributed by atoms with Crippen LogP contribution >= 0.6 is 0 Å². The second-order valence-electron chi connectivity index (χ2n) is 2.69. The Morgan fingerprint density at radius 3 is 1.64 bits per heavy atom. The highest BCUT2D eigenvalue weighted by Gasteiger charge is 2.16. The third-order valence-electron chi connectivity index (χ3n) is 1.17. The summed E-state index contributed by atoms with van der Waals surface area (Å²) in [6, 6.07) is -1.16. The molecule has 0 aromatic heterocycles. The smallest absolute Gasteiger partial charge is 0.330 e. The minimum atomic E-state index is -1.18. The molecule has 6 nitrogen and oxygen atoms in total. The van der Waals surface area contributed by atoms with Gasteiger partial charge in [0.15, 0.2) is 0 Å². The fourth-order valence-electron chi connectivity index (χ4n) is 0.206. The van der Waals surface area contributed by atoms with Crippen molar-refractivity contribution in [3.8, 4) is 0 Å². The summed E-state index contributed by atoms with van der Waals surface area (Å²) in [7, 11) is 0. The van der Waals surface area contributed by atoms with E-state index in [4.69, 9.17) is 21.1 Å². The number of aliphatic carboxylic acids is 2. The van der Waals surface area contributed by atoms with Gasteiger partial charge in [-0.2, -0.15) is 0 Å². The predicted octanol–water partition coefficient (Wildman–Crippen LogP) is -0.574. The second kappa shape index (κ2) is 7.05. The van der Waals surface area contributed by atoms with Crippen LogP contribution in [0.5, 0.6) is 0 Å². The van der Waals surface area contributed by atoms with Crippen LogP contribution in [0.3, 0.4) is 0 Å². The molecule has 14 heavy (non-hydrogen) atoms. The zero-order chi connectivity index (χ0) is 11.9. The van der Waals surface area contributed by atoms with Gasteiger partial charge in [-0.05, 0) is 13.8 Å². The molecule has 0 spiro atoms. The van der Waals surface area contributed by atoms with Gasteiger partial charge in [0.25, 0.3) is 0 Å². The van der Waals surface area contributed by atoms with E-state index in [9.17, 15) is 9.59 Å². The molecule has 0 saturated heterocycles. The van der Waals surface area contributed by atoms with E-state index in [2.05, 4.69) is 6.58 Å². The van der Waals surface area contributed by atoms with Crippen LogP contribution in [0.15, 0.2) is 12.2 Å². The molecular weight excluding hydrogens is 190 g/mol. The predicted molar refractivity (Wildman–Crippen MR) is 49.7 cm³/mol. The molecule has 2 unspecified atom stereocenters. The highest BCUT2D eigenvalue weighted by molar-refractivity contribution is 5.84. The minimum Gasteiger partial charge on any atom is -0.480 e. The first-order valence-electron chi connectivity index (χ1n) is 3.75. The maximum Gasteiger partial charge on any atom is 0.330 e. The van der Waals surface area contributed by atoms with Gasteiger partial charge in [-0.25, -0.2) is 4.79 Å². The van der Waals surface area contributed by atoms with Gasteiger partial charge in [0.1, 0.15) is 6.04 Å². The Hall–Kier alpha value is -1.40. The monoisotopic (exact) mass is 205 g/mol. The van der Waals surface area contributed by atoms with Gasteiger partial charge in [0.05, 0.1) is 6.10 Å². The quantitative estimate of drug-likeness (QED) is 0.458. The molecule has 0 radical (unpaired) electrons. The van der Waals surface area contributed by atoms with E-state index in [0.717, 1.165) is 0 Å².